The van der Waals surface area contributed by atoms with Crippen molar-refractivity contribution < 1.29 is 23.8 Å². The molecule has 0 spiro atoms. The number of fused-ring (bicyclic) bond motifs is 2. The zero-order chi connectivity index (χ0) is 19.0. The van der Waals surface area contributed by atoms with Crippen LogP contribution in [0.2, 0.25) is 5.02 Å². The molecule has 1 aromatic heterocycles. The number of carbonyl (C=O) groups is 2. The molecule has 0 bridgehead atoms. The Morgan fingerprint density at radius 3 is 2.85 bits per heavy atom. The van der Waals surface area contributed by atoms with E-state index in [1.165, 1.54) is 18.4 Å². The van der Waals surface area contributed by atoms with Gasteiger partial charge < -0.3 is 18.8 Å². The van der Waals surface area contributed by atoms with Gasteiger partial charge in [-0.15, -0.1) is 0 Å². The zero-order valence-electron chi connectivity index (χ0n) is 14.1. The molecule has 0 unspecified atom stereocenters. The summed E-state index contributed by atoms with van der Waals surface area (Å²) in [6.45, 7) is 0.0612. The molecule has 0 fully saturated rings. The van der Waals surface area contributed by atoms with Gasteiger partial charge in [-0.2, -0.15) is 4.99 Å². The topological polar surface area (TPSA) is 79.1 Å². The van der Waals surface area contributed by atoms with Gasteiger partial charge in [0.05, 0.1) is 17.3 Å². The van der Waals surface area contributed by atoms with Gasteiger partial charge in [-0.25, -0.2) is 0 Å². The van der Waals surface area contributed by atoms with E-state index in [1.807, 2.05) is 0 Å². The molecule has 0 radical (unpaired) electrons. The average molecular weight is 405 g/mol. The van der Waals surface area contributed by atoms with E-state index in [1.54, 1.807) is 41.0 Å². The minimum atomic E-state index is -0.454. The maximum atomic E-state index is 12.7. The number of nitrogens with zero attached hydrogens (tertiary/aromatic N) is 2. The summed E-state index contributed by atoms with van der Waals surface area (Å²) in [5, 5.41) is 0.558. The number of hydrogen-bond donors (Lipinski definition) is 0. The van der Waals surface area contributed by atoms with Gasteiger partial charge in [0.1, 0.15) is 6.54 Å². The summed E-state index contributed by atoms with van der Waals surface area (Å²) < 4.78 is 17.7. The number of halogens is 1. The van der Waals surface area contributed by atoms with Gasteiger partial charge in [-0.1, -0.05) is 22.9 Å². The maximum Gasteiger partial charge on any atom is 0.325 e. The average Bonchev–Trinajstić information content (AvgIpc) is 3.25. The first-order valence-corrected chi connectivity index (χ1v) is 9.09. The number of benzene rings is 2. The van der Waals surface area contributed by atoms with Crippen molar-refractivity contribution in [3.8, 4) is 11.5 Å². The quantitative estimate of drug-likeness (QED) is 0.627. The molecule has 0 atom stereocenters. The third kappa shape index (κ3) is 3.41. The van der Waals surface area contributed by atoms with E-state index in [9.17, 15) is 9.59 Å². The molecule has 138 valence electrons. The number of aromatic nitrogens is 1. The molecule has 0 aliphatic carbocycles. The molecule has 0 saturated carbocycles. The Bertz CT molecular complexity index is 1130. The van der Waals surface area contributed by atoms with Crippen LogP contribution in [0.5, 0.6) is 11.5 Å². The monoisotopic (exact) mass is 404 g/mol. The Balaban J connectivity index is 1.80. The maximum absolute atomic E-state index is 12.7. The summed E-state index contributed by atoms with van der Waals surface area (Å²) in [6, 6.07) is 10.1. The van der Waals surface area contributed by atoms with E-state index in [-0.39, 0.29) is 13.3 Å². The van der Waals surface area contributed by atoms with Gasteiger partial charge in [-0.05, 0) is 36.4 Å². The fourth-order valence-electron chi connectivity index (χ4n) is 2.66. The van der Waals surface area contributed by atoms with Crippen LogP contribution in [0.15, 0.2) is 41.4 Å². The van der Waals surface area contributed by atoms with Crippen LogP contribution in [0.4, 0.5) is 0 Å². The van der Waals surface area contributed by atoms with Crippen LogP contribution in [-0.2, 0) is 16.1 Å². The third-order valence-electron chi connectivity index (χ3n) is 3.98. The Labute approximate surface area is 162 Å². The van der Waals surface area contributed by atoms with Gasteiger partial charge in [0.2, 0.25) is 6.79 Å². The van der Waals surface area contributed by atoms with Gasteiger partial charge >= 0.3 is 5.97 Å². The molecule has 1 aliphatic rings. The fraction of sp³-hybridized carbons (Fsp3) is 0.167. The second-order valence-electron chi connectivity index (χ2n) is 5.64. The van der Waals surface area contributed by atoms with Gasteiger partial charge in [-0.3, -0.25) is 9.59 Å². The SMILES string of the molecule is COC(=O)Cn1c(=NC(=O)c2ccc3c(c2)OCO3)sc2cc(Cl)ccc21. The summed E-state index contributed by atoms with van der Waals surface area (Å²) in [4.78, 5) is 29.0. The van der Waals surface area contributed by atoms with Crippen molar-refractivity contribution in [2.24, 2.45) is 4.99 Å². The molecule has 1 aliphatic heterocycles. The molecule has 4 rings (SSSR count). The molecule has 3 aromatic rings. The van der Waals surface area contributed by atoms with Crippen molar-refractivity contribution in [3.05, 3.63) is 51.8 Å². The minimum Gasteiger partial charge on any atom is -0.468 e. The summed E-state index contributed by atoms with van der Waals surface area (Å²) in [7, 11) is 1.31. The van der Waals surface area contributed by atoms with Crippen LogP contribution >= 0.6 is 22.9 Å². The molecular formula is C18H13ClN2O5S. The largest absolute Gasteiger partial charge is 0.468 e. The normalized spacial score (nSPS) is 13.2. The summed E-state index contributed by atoms with van der Waals surface area (Å²) in [5.41, 5.74) is 1.10. The Morgan fingerprint density at radius 2 is 2.04 bits per heavy atom. The number of amides is 1. The number of hydrogen-bond acceptors (Lipinski definition) is 6. The predicted molar refractivity (Wildman–Crippen MR) is 99.3 cm³/mol. The van der Waals surface area contributed by atoms with Crippen LogP contribution in [-0.4, -0.2) is 30.3 Å². The molecule has 1 amide bonds. The van der Waals surface area contributed by atoms with E-state index >= 15 is 0 Å². The van der Waals surface area contributed by atoms with Gasteiger partial charge in [0, 0.05) is 10.6 Å². The number of ether oxygens (including phenoxy) is 3. The highest BCUT2D eigenvalue weighted by Gasteiger charge is 2.17. The minimum absolute atomic E-state index is 0.0641. The summed E-state index contributed by atoms with van der Waals surface area (Å²) >= 11 is 7.32. The number of carbonyl (C=O) groups excluding carboxylic acids is 2. The Hall–Kier alpha value is -2.84. The molecule has 2 heterocycles. The molecule has 2 aromatic carbocycles. The standard InChI is InChI=1S/C18H13ClN2O5S/c1-24-16(22)8-21-12-4-3-11(19)7-15(12)27-18(21)20-17(23)10-2-5-13-14(6-10)26-9-25-13/h2-7H,8-9H2,1H3. The second kappa shape index (κ2) is 7.05. The number of esters is 1. The van der Waals surface area contributed by atoms with Crippen molar-refractivity contribution in [3.63, 3.8) is 0 Å². The molecule has 27 heavy (non-hydrogen) atoms. The number of rotatable bonds is 3. The summed E-state index contributed by atoms with van der Waals surface area (Å²) in [6.07, 6.45) is 0. The van der Waals surface area contributed by atoms with E-state index in [4.69, 9.17) is 25.8 Å². The van der Waals surface area contributed by atoms with Crippen LogP contribution in [0.1, 0.15) is 10.4 Å². The van der Waals surface area contributed by atoms with Crippen molar-refractivity contribution in [2.45, 2.75) is 6.54 Å². The van der Waals surface area contributed by atoms with Gasteiger partial charge in [0.25, 0.3) is 5.91 Å². The van der Waals surface area contributed by atoms with Crippen molar-refractivity contribution in [1.29, 1.82) is 0 Å². The van der Waals surface area contributed by atoms with Crippen LogP contribution < -0.4 is 14.3 Å². The van der Waals surface area contributed by atoms with Crippen LogP contribution in [0.3, 0.4) is 0 Å². The molecule has 9 heteroatoms. The van der Waals surface area contributed by atoms with Gasteiger partial charge in [0.15, 0.2) is 16.3 Å². The lowest BCUT2D eigenvalue weighted by atomic mass is 10.2. The molecule has 0 N–H and O–H groups in total. The molecular weight excluding hydrogens is 392 g/mol. The first-order chi connectivity index (χ1) is 13.0. The highest BCUT2D eigenvalue weighted by molar-refractivity contribution is 7.16. The lowest BCUT2D eigenvalue weighted by molar-refractivity contribution is -0.141. The van der Waals surface area contributed by atoms with Crippen LogP contribution in [0.25, 0.3) is 10.2 Å². The van der Waals surface area contributed by atoms with E-state index in [0.29, 0.717) is 26.9 Å². The highest BCUT2D eigenvalue weighted by atomic mass is 35.5. The van der Waals surface area contributed by atoms with Crippen LogP contribution in [0, 0.1) is 0 Å². The lowest BCUT2D eigenvalue weighted by Gasteiger charge is -2.04. The number of thiazole rings is 1. The molecule has 7 nitrogen and oxygen atoms in total. The van der Waals surface area contributed by atoms with Crippen molar-refractivity contribution in [2.75, 3.05) is 13.9 Å². The third-order valence-corrected chi connectivity index (χ3v) is 5.25. The molecule has 0 saturated heterocycles. The lowest BCUT2D eigenvalue weighted by Crippen LogP contribution is -2.22. The zero-order valence-corrected chi connectivity index (χ0v) is 15.7. The second-order valence-corrected chi connectivity index (χ2v) is 7.09. The van der Waals surface area contributed by atoms with Crippen molar-refractivity contribution >= 4 is 45.0 Å². The van der Waals surface area contributed by atoms with E-state index in [0.717, 1.165) is 10.2 Å². The van der Waals surface area contributed by atoms with E-state index < -0.39 is 11.9 Å². The fourth-order valence-corrected chi connectivity index (χ4v) is 3.96. The van der Waals surface area contributed by atoms with Crippen molar-refractivity contribution in [1.82, 2.24) is 4.57 Å². The smallest absolute Gasteiger partial charge is 0.325 e. The van der Waals surface area contributed by atoms with E-state index in [2.05, 4.69) is 4.99 Å². The number of methoxy groups -OCH3 is 1. The summed E-state index contributed by atoms with van der Waals surface area (Å²) in [5.74, 6) is 0.191. The highest BCUT2D eigenvalue weighted by Crippen LogP contribution is 2.32. The first-order valence-electron chi connectivity index (χ1n) is 7.89. The predicted octanol–water partition coefficient (Wildman–Crippen LogP) is 3.00. The Morgan fingerprint density at radius 1 is 1.22 bits per heavy atom. The Kier molecular flexibility index (Phi) is 4.59. The first kappa shape index (κ1) is 17.6.